The molecule has 0 aromatic carbocycles. The number of piperidine rings is 1. The lowest BCUT2D eigenvalue weighted by molar-refractivity contribution is -0.123. The van der Waals surface area contributed by atoms with Crippen molar-refractivity contribution in [2.45, 2.75) is 18.9 Å². The molecule has 1 unspecified atom stereocenters. The average Bonchev–Trinajstić information content (AvgIpc) is 2.23. The number of rotatable bonds is 2. The van der Waals surface area contributed by atoms with Gasteiger partial charge in [0.1, 0.15) is 5.78 Å². The normalized spacial score (nSPS) is 30.6. The highest BCUT2D eigenvalue weighted by atomic mass is 16.6. The van der Waals surface area contributed by atoms with Crippen LogP contribution in [-0.4, -0.2) is 56.2 Å². The molecule has 4 heteroatoms. The highest BCUT2D eigenvalue weighted by Crippen LogP contribution is 2.09. The lowest BCUT2D eigenvalue weighted by atomic mass is 10.1. The maximum absolute atomic E-state index is 11.0. The maximum Gasteiger partial charge on any atom is 0.135 e. The standard InChI is InChI=1S/C10H17NO3/c12-9-1-3-11(4-2-9)7-10-8-13-5-6-14-10/h10H,1-8H2. The summed E-state index contributed by atoms with van der Waals surface area (Å²) in [5.41, 5.74) is 0. The molecule has 14 heavy (non-hydrogen) atoms. The zero-order chi connectivity index (χ0) is 9.80. The van der Waals surface area contributed by atoms with Crippen molar-refractivity contribution in [2.24, 2.45) is 0 Å². The van der Waals surface area contributed by atoms with Crippen molar-refractivity contribution in [2.75, 3.05) is 39.5 Å². The lowest BCUT2D eigenvalue weighted by Crippen LogP contribution is -2.43. The maximum atomic E-state index is 11.0. The highest BCUT2D eigenvalue weighted by molar-refractivity contribution is 5.79. The smallest absolute Gasteiger partial charge is 0.135 e. The van der Waals surface area contributed by atoms with Crippen LogP contribution in [0.4, 0.5) is 0 Å². The van der Waals surface area contributed by atoms with Crippen LogP contribution in [0.5, 0.6) is 0 Å². The Bertz CT molecular complexity index is 192. The Morgan fingerprint density at radius 2 is 2.07 bits per heavy atom. The summed E-state index contributed by atoms with van der Waals surface area (Å²) < 4.78 is 10.9. The topological polar surface area (TPSA) is 38.8 Å². The van der Waals surface area contributed by atoms with Gasteiger partial charge in [0.2, 0.25) is 0 Å². The van der Waals surface area contributed by atoms with Gasteiger partial charge in [-0.2, -0.15) is 0 Å². The predicted molar refractivity (Wildman–Crippen MR) is 51.2 cm³/mol. The summed E-state index contributed by atoms with van der Waals surface area (Å²) in [6.45, 7) is 4.81. The Morgan fingerprint density at radius 3 is 2.71 bits per heavy atom. The van der Waals surface area contributed by atoms with Crippen LogP contribution in [0, 0.1) is 0 Å². The number of likely N-dealkylation sites (tertiary alicyclic amines) is 1. The van der Waals surface area contributed by atoms with Gasteiger partial charge in [0, 0.05) is 32.5 Å². The Labute approximate surface area is 84.2 Å². The molecule has 1 atom stereocenters. The van der Waals surface area contributed by atoms with Gasteiger partial charge in [-0.25, -0.2) is 0 Å². The zero-order valence-electron chi connectivity index (χ0n) is 8.41. The van der Waals surface area contributed by atoms with Gasteiger partial charge < -0.3 is 9.47 Å². The quantitative estimate of drug-likeness (QED) is 0.630. The number of ketones is 1. The fourth-order valence-corrected chi connectivity index (χ4v) is 1.91. The summed E-state index contributed by atoms with van der Waals surface area (Å²) in [6, 6.07) is 0. The fourth-order valence-electron chi connectivity index (χ4n) is 1.91. The van der Waals surface area contributed by atoms with Gasteiger partial charge in [-0.3, -0.25) is 9.69 Å². The minimum absolute atomic E-state index is 0.206. The molecule has 0 aromatic heterocycles. The van der Waals surface area contributed by atoms with E-state index < -0.39 is 0 Å². The highest BCUT2D eigenvalue weighted by Gasteiger charge is 2.21. The van der Waals surface area contributed by atoms with Crippen molar-refractivity contribution < 1.29 is 14.3 Å². The molecule has 0 N–H and O–H groups in total. The number of ether oxygens (including phenoxy) is 2. The lowest BCUT2D eigenvalue weighted by Gasteiger charge is -2.31. The second kappa shape index (κ2) is 4.87. The van der Waals surface area contributed by atoms with E-state index in [1.807, 2.05) is 0 Å². The Hall–Kier alpha value is -0.450. The van der Waals surface area contributed by atoms with Crippen molar-refractivity contribution >= 4 is 5.78 Å². The number of carbonyl (C=O) groups excluding carboxylic acids is 1. The summed E-state index contributed by atoms with van der Waals surface area (Å²) in [5, 5.41) is 0. The van der Waals surface area contributed by atoms with Crippen LogP contribution in [0.1, 0.15) is 12.8 Å². The van der Waals surface area contributed by atoms with Crippen molar-refractivity contribution in [3.63, 3.8) is 0 Å². The van der Waals surface area contributed by atoms with Crippen molar-refractivity contribution in [3.05, 3.63) is 0 Å². The summed E-state index contributed by atoms with van der Waals surface area (Å²) in [7, 11) is 0. The Morgan fingerprint density at radius 1 is 1.29 bits per heavy atom. The summed E-state index contributed by atoms with van der Waals surface area (Å²) >= 11 is 0. The summed E-state index contributed by atoms with van der Waals surface area (Å²) in [4.78, 5) is 13.3. The van der Waals surface area contributed by atoms with E-state index in [0.717, 1.165) is 26.2 Å². The molecule has 4 nitrogen and oxygen atoms in total. The van der Waals surface area contributed by atoms with E-state index >= 15 is 0 Å². The second-order valence-electron chi connectivity index (χ2n) is 3.91. The summed E-state index contributed by atoms with van der Waals surface area (Å²) in [5.74, 6) is 0.391. The van der Waals surface area contributed by atoms with Crippen LogP contribution in [-0.2, 0) is 14.3 Å². The predicted octanol–water partition coefficient (Wildman–Crippen LogP) is 0.0667. The van der Waals surface area contributed by atoms with Crippen LogP contribution in [0.3, 0.4) is 0 Å². The van der Waals surface area contributed by atoms with Crippen molar-refractivity contribution in [3.8, 4) is 0 Å². The van der Waals surface area contributed by atoms with Gasteiger partial charge in [-0.05, 0) is 0 Å². The van der Waals surface area contributed by atoms with E-state index in [1.165, 1.54) is 0 Å². The third-order valence-electron chi connectivity index (χ3n) is 2.76. The monoisotopic (exact) mass is 199 g/mol. The van der Waals surface area contributed by atoms with Crippen LogP contribution in [0.25, 0.3) is 0 Å². The minimum Gasteiger partial charge on any atom is -0.376 e. The van der Waals surface area contributed by atoms with Crippen molar-refractivity contribution in [1.82, 2.24) is 4.90 Å². The number of Topliss-reactive ketones (excluding diaryl/α,β-unsaturated/α-hetero) is 1. The largest absolute Gasteiger partial charge is 0.376 e. The molecule has 2 aliphatic heterocycles. The van der Waals surface area contributed by atoms with Crippen LogP contribution < -0.4 is 0 Å². The number of hydrogen-bond acceptors (Lipinski definition) is 4. The van der Waals surface area contributed by atoms with Gasteiger partial charge in [0.25, 0.3) is 0 Å². The third-order valence-corrected chi connectivity index (χ3v) is 2.76. The van der Waals surface area contributed by atoms with E-state index in [2.05, 4.69) is 4.90 Å². The zero-order valence-corrected chi connectivity index (χ0v) is 8.41. The SMILES string of the molecule is O=C1CCN(CC2COCCO2)CC1. The number of nitrogens with zero attached hydrogens (tertiary/aromatic N) is 1. The van der Waals surface area contributed by atoms with E-state index in [0.29, 0.717) is 31.8 Å². The minimum atomic E-state index is 0.206. The van der Waals surface area contributed by atoms with Gasteiger partial charge in [0.05, 0.1) is 25.9 Å². The molecular weight excluding hydrogens is 182 g/mol. The average molecular weight is 199 g/mol. The number of hydrogen-bond donors (Lipinski definition) is 0. The molecule has 0 amide bonds. The van der Waals surface area contributed by atoms with E-state index in [-0.39, 0.29) is 6.10 Å². The molecule has 2 saturated heterocycles. The fraction of sp³-hybridized carbons (Fsp3) is 0.900. The molecule has 2 fully saturated rings. The molecule has 0 aliphatic carbocycles. The molecule has 2 heterocycles. The molecule has 0 radical (unpaired) electrons. The van der Waals surface area contributed by atoms with Crippen LogP contribution >= 0.6 is 0 Å². The molecule has 0 bridgehead atoms. The van der Waals surface area contributed by atoms with Crippen LogP contribution in [0.15, 0.2) is 0 Å². The molecule has 2 rings (SSSR count). The van der Waals surface area contributed by atoms with Gasteiger partial charge in [-0.15, -0.1) is 0 Å². The molecule has 0 spiro atoms. The first kappa shape index (κ1) is 10.1. The third kappa shape index (κ3) is 2.77. The number of carbonyl (C=O) groups is 1. The molecule has 0 saturated carbocycles. The van der Waals surface area contributed by atoms with E-state index in [1.54, 1.807) is 0 Å². The first-order chi connectivity index (χ1) is 6.84. The van der Waals surface area contributed by atoms with E-state index in [9.17, 15) is 4.79 Å². The van der Waals surface area contributed by atoms with Gasteiger partial charge in [-0.1, -0.05) is 0 Å². The van der Waals surface area contributed by atoms with Gasteiger partial charge in [0.15, 0.2) is 0 Å². The summed E-state index contributed by atoms with van der Waals surface area (Å²) in [6.07, 6.45) is 1.61. The first-order valence-corrected chi connectivity index (χ1v) is 5.28. The second-order valence-corrected chi connectivity index (χ2v) is 3.91. The molecule has 2 aliphatic rings. The molecule has 80 valence electrons. The Kier molecular flexibility index (Phi) is 3.50. The van der Waals surface area contributed by atoms with Gasteiger partial charge >= 0.3 is 0 Å². The van der Waals surface area contributed by atoms with Crippen molar-refractivity contribution in [1.29, 1.82) is 0 Å². The Balaban J connectivity index is 1.71. The molecule has 0 aromatic rings. The first-order valence-electron chi connectivity index (χ1n) is 5.28. The molecular formula is C10H17NO3. The van der Waals surface area contributed by atoms with Crippen LogP contribution in [0.2, 0.25) is 0 Å². The van der Waals surface area contributed by atoms with E-state index in [4.69, 9.17) is 9.47 Å².